The van der Waals surface area contributed by atoms with Crippen LogP contribution in [0.3, 0.4) is 0 Å². The molecule has 2 heterocycles. The molecule has 1 unspecified atom stereocenters. The lowest BCUT2D eigenvalue weighted by molar-refractivity contribution is -0.138. The summed E-state index contributed by atoms with van der Waals surface area (Å²) in [6.45, 7) is 0. The maximum absolute atomic E-state index is 14.6. The van der Waals surface area contributed by atoms with E-state index in [1.165, 1.54) is 7.11 Å². The van der Waals surface area contributed by atoms with E-state index in [2.05, 4.69) is 15.3 Å². The highest BCUT2D eigenvalue weighted by Gasteiger charge is 2.37. The van der Waals surface area contributed by atoms with Gasteiger partial charge in [0.05, 0.1) is 23.7 Å². The Labute approximate surface area is 236 Å². The Hall–Kier alpha value is -3.27. The number of nitrogens with zero attached hydrogens (tertiary/aromatic N) is 3. The van der Waals surface area contributed by atoms with Gasteiger partial charge in [-0.15, -0.1) is 0 Å². The quantitative estimate of drug-likeness (QED) is 0.305. The maximum Gasteiger partial charge on any atom is 0.303 e. The van der Waals surface area contributed by atoms with Crippen molar-refractivity contribution in [2.75, 3.05) is 7.11 Å². The van der Waals surface area contributed by atoms with Gasteiger partial charge in [-0.05, 0) is 62.5 Å². The smallest absolute Gasteiger partial charge is 0.303 e. The Morgan fingerprint density at radius 1 is 1.07 bits per heavy atom. The summed E-state index contributed by atoms with van der Waals surface area (Å²) in [5.41, 5.74) is 0.974. The number of aromatic nitrogens is 3. The van der Waals surface area contributed by atoms with Crippen molar-refractivity contribution in [2.45, 2.75) is 76.3 Å². The Morgan fingerprint density at radius 3 is 2.45 bits per heavy atom. The first-order chi connectivity index (χ1) is 19.2. The van der Waals surface area contributed by atoms with Gasteiger partial charge in [0.1, 0.15) is 17.0 Å². The van der Waals surface area contributed by atoms with E-state index in [1.54, 1.807) is 16.7 Å². The fourth-order valence-electron chi connectivity index (χ4n) is 6.34. The van der Waals surface area contributed by atoms with E-state index in [9.17, 15) is 18.4 Å². The van der Waals surface area contributed by atoms with Crippen molar-refractivity contribution in [1.29, 1.82) is 0 Å². The minimum atomic E-state index is -1.03. The van der Waals surface area contributed by atoms with E-state index >= 15 is 0 Å². The topological polar surface area (TPSA) is 106 Å². The third-order valence-corrected chi connectivity index (χ3v) is 8.50. The number of rotatable bonds is 8. The van der Waals surface area contributed by atoms with Crippen LogP contribution in [0.1, 0.15) is 70.3 Å². The summed E-state index contributed by atoms with van der Waals surface area (Å²) in [5, 5.41) is 12.6. The number of hydrogen-bond acceptors (Lipinski definition) is 5. The van der Waals surface area contributed by atoms with Crippen molar-refractivity contribution in [1.82, 2.24) is 19.9 Å². The molecule has 2 fully saturated rings. The minimum absolute atomic E-state index is 0.0485. The fourth-order valence-corrected chi connectivity index (χ4v) is 6.48. The number of benzene rings is 1. The molecule has 0 radical (unpaired) electrons. The van der Waals surface area contributed by atoms with E-state index in [-0.39, 0.29) is 46.8 Å². The highest BCUT2D eigenvalue weighted by Crippen LogP contribution is 2.41. The van der Waals surface area contributed by atoms with Gasteiger partial charge in [-0.25, -0.2) is 18.7 Å². The summed E-state index contributed by atoms with van der Waals surface area (Å²) < 4.78 is 36.2. The average Bonchev–Trinajstić information content (AvgIpc) is 3.27. The van der Waals surface area contributed by atoms with Gasteiger partial charge in [-0.3, -0.25) is 9.59 Å². The lowest BCUT2D eigenvalue weighted by Crippen LogP contribution is -2.44. The Balaban J connectivity index is 1.58. The number of halogens is 3. The van der Waals surface area contributed by atoms with Gasteiger partial charge in [0.15, 0.2) is 11.6 Å². The van der Waals surface area contributed by atoms with Gasteiger partial charge in [0.2, 0.25) is 11.8 Å². The van der Waals surface area contributed by atoms with Gasteiger partial charge < -0.3 is 19.7 Å². The molecule has 2 N–H and O–H groups in total. The minimum Gasteiger partial charge on any atom is -0.481 e. The molecule has 0 saturated heterocycles. The lowest BCUT2D eigenvalue weighted by atomic mass is 9.82. The van der Waals surface area contributed by atoms with Crippen LogP contribution in [-0.4, -0.2) is 44.7 Å². The third kappa shape index (κ3) is 5.92. The van der Waals surface area contributed by atoms with E-state index < -0.39 is 23.6 Å². The number of nitrogens with one attached hydrogen (secondary N) is 1. The van der Waals surface area contributed by atoms with Crippen LogP contribution < -0.4 is 10.1 Å². The first-order valence-electron chi connectivity index (χ1n) is 13.8. The highest BCUT2D eigenvalue weighted by atomic mass is 35.5. The number of carboxylic acids is 1. The van der Waals surface area contributed by atoms with Crippen molar-refractivity contribution in [2.24, 2.45) is 11.8 Å². The van der Waals surface area contributed by atoms with Gasteiger partial charge in [0.25, 0.3) is 0 Å². The summed E-state index contributed by atoms with van der Waals surface area (Å²) in [6, 6.07) is 4.57. The second-order valence-corrected chi connectivity index (χ2v) is 11.3. The molecule has 11 heteroatoms. The molecule has 0 aliphatic heterocycles. The van der Waals surface area contributed by atoms with Crippen molar-refractivity contribution in [3.05, 3.63) is 41.1 Å². The van der Waals surface area contributed by atoms with E-state index in [0.29, 0.717) is 29.7 Å². The first-order valence-corrected chi connectivity index (χ1v) is 14.2. The van der Waals surface area contributed by atoms with Crippen LogP contribution in [0.25, 0.3) is 22.4 Å². The molecule has 0 spiro atoms. The Morgan fingerprint density at radius 2 is 1.77 bits per heavy atom. The number of carbonyl (C=O) groups excluding carboxylic acids is 1. The van der Waals surface area contributed by atoms with Crippen LogP contribution >= 0.6 is 11.6 Å². The second kappa shape index (κ2) is 12.1. The fraction of sp³-hybridized carbons (Fsp3) is 0.517. The second-order valence-electron chi connectivity index (χ2n) is 10.9. The summed E-state index contributed by atoms with van der Waals surface area (Å²) in [5.74, 6) is -2.51. The number of amides is 1. The van der Waals surface area contributed by atoms with Gasteiger partial charge in [-0.2, -0.15) is 0 Å². The number of carboxylic acid groups (broad SMARTS) is 1. The molecule has 2 aliphatic carbocycles. The molecule has 0 bridgehead atoms. The molecule has 3 aromatic rings. The normalized spacial score (nSPS) is 20.8. The van der Waals surface area contributed by atoms with Crippen LogP contribution in [-0.2, 0) is 9.59 Å². The number of imidazole rings is 1. The monoisotopic (exact) mass is 574 g/mol. The van der Waals surface area contributed by atoms with Crippen LogP contribution in [0.4, 0.5) is 8.78 Å². The van der Waals surface area contributed by atoms with Gasteiger partial charge in [-0.1, -0.05) is 30.9 Å². The molecule has 1 amide bonds. The molecule has 2 aliphatic rings. The number of hydrogen-bond donors (Lipinski definition) is 2. The predicted octanol–water partition coefficient (Wildman–Crippen LogP) is 6.31. The highest BCUT2D eigenvalue weighted by molar-refractivity contribution is 6.29. The van der Waals surface area contributed by atoms with Crippen LogP contribution in [0.5, 0.6) is 5.88 Å². The SMILES string of the molecule is COc1nc(Cl)ccc1-c1nc2cc(F)c(F)cc2n1C(C(=O)N[C@H]1CC[C@H](CC(=O)O)CC1)C1CCCCC1. The molecule has 1 atom stereocenters. The zero-order valence-electron chi connectivity index (χ0n) is 22.3. The maximum atomic E-state index is 14.6. The zero-order valence-corrected chi connectivity index (χ0v) is 23.1. The third-order valence-electron chi connectivity index (χ3n) is 8.29. The molecule has 214 valence electrons. The molecular weight excluding hydrogens is 542 g/mol. The molecular formula is C29H33ClF2N4O4. The van der Waals surface area contributed by atoms with Crippen molar-refractivity contribution < 1.29 is 28.2 Å². The molecule has 2 saturated carbocycles. The number of aliphatic carboxylic acids is 1. The average molecular weight is 575 g/mol. The number of ether oxygens (including phenoxy) is 1. The van der Waals surface area contributed by atoms with E-state index in [0.717, 1.165) is 57.1 Å². The molecule has 8 nitrogen and oxygen atoms in total. The standard InChI is InChI=1S/C29H33ClF2N4O4/c1-40-29-19(11-12-24(30)35-29)27-34-22-14-20(31)21(32)15-23(22)36(27)26(17-5-3-2-4-6-17)28(39)33-18-9-7-16(8-10-18)13-25(37)38/h11-12,14-18,26H,2-10,13H2,1H3,(H,33,39)(H,37,38)/t16-,18-,26?. The van der Waals surface area contributed by atoms with Crippen LogP contribution in [0.15, 0.2) is 24.3 Å². The lowest BCUT2D eigenvalue weighted by Gasteiger charge is -2.34. The van der Waals surface area contributed by atoms with Gasteiger partial charge >= 0.3 is 5.97 Å². The first kappa shape index (κ1) is 28.3. The zero-order chi connectivity index (χ0) is 28.4. The van der Waals surface area contributed by atoms with Crippen LogP contribution in [0.2, 0.25) is 5.15 Å². The molecule has 1 aromatic carbocycles. The number of pyridine rings is 1. The number of carbonyl (C=O) groups is 2. The molecule has 5 rings (SSSR count). The predicted molar refractivity (Wildman–Crippen MR) is 146 cm³/mol. The number of methoxy groups -OCH3 is 1. The van der Waals surface area contributed by atoms with E-state index in [1.807, 2.05) is 0 Å². The summed E-state index contributed by atoms with van der Waals surface area (Å²) in [6.07, 6.45) is 7.58. The molecule has 2 aromatic heterocycles. The summed E-state index contributed by atoms with van der Waals surface area (Å²) in [7, 11) is 1.44. The largest absolute Gasteiger partial charge is 0.481 e. The van der Waals surface area contributed by atoms with Gasteiger partial charge in [0, 0.05) is 24.6 Å². The summed E-state index contributed by atoms with van der Waals surface area (Å²) >= 11 is 6.11. The Bertz CT molecular complexity index is 1400. The van der Waals surface area contributed by atoms with Crippen molar-refractivity contribution in [3.63, 3.8) is 0 Å². The van der Waals surface area contributed by atoms with E-state index in [4.69, 9.17) is 21.4 Å². The molecule has 40 heavy (non-hydrogen) atoms. The number of fused-ring (bicyclic) bond motifs is 1. The van der Waals surface area contributed by atoms with Crippen molar-refractivity contribution in [3.8, 4) is 17.3 Å². The van der Waals surface area contributed by atoms with Crippen molar-refractivity contribution >= 4 is 34.5 Å². The Kier molecular flexibility index (Phi) is 8.54. The summed E-state index contributed by atoms with van der Waals surface area (Å²) in [4.78, 5) is 34.2. The van der Waals surface area contributed by atoms with Crippen LogP contribution in [0, 0.1) is 23.5 Å².